The Labute approximate surface area is 189 Å². The minimum atomic E-state index is -2.90. The third kappa shape index (κ3) is 5.67. The number of pyridine rings is 1. The van der Waals surface area contributed by atoms with Crippen molar-refractivity contribution in [3.8, 4) is 5.88 Å². The van der Waals surface area contributed by atoms with Crippen LogP contribution in [0.15, 0.2) is 12.1 Å². The first-order valence-corrected chi connectivity index (χ1v) is 11.2. The van der Waals surface area contributed by atoms with E-state index in [9.17, 15) is 27.2 Å². The van der Waals surface area contributed by atoms with Gasteiger partial charge in [0.05, 0.1) is 32.8 Å². The molecule has 3 heterocycles. The maximum atomic E-state index is 13.4. The number of halogens is 4. The first kappa shape index (κ1) is 23.6. The summed E-state index contributed by atoms with van der Waals surface area (Å²) in [6.07, 6.45) is 2.32. The van der Waals surface area contributed by atoms with Crippen LogP contribution >= 0.6 is 0 Å². The van der Waals surface area contributed by atoms with Crippen LogP contribution in [0.1, 0.15) is 43.6 Å². The molecule has 0 radical (unpaired) electrons. The van der Waals surface area contributed by atoms with E-state index < -0.39 is 55.9 Å². The van der Waals surface area contributed by atoms with E-state index in [2.05, 4.69) is 10.3 Å². The lowest BCUT2D eigenvalue weighted by Gasteiger charge is -2.41. The maximum absolute atomic E-state index is 13.4. The van der Waals surface area contributed by atoms with Crippen molar-refractivity contribution in [1.29, 1.82) is 0 Å². The Bertz CT molecular complexity index is 907. The summed E-state index contributed by atoms with van der Waals surface area (Å²) in [7, 11) is 0. The number of hydrogen-bond acceptors (Lipinski definition) is 5. The van der Waals surface area contributed by atoms with Gasteiger partial charge in [-0.1, -0.05) is 13.8 Å². The smallest absolute Gasteiger partial charge is 0.282 e. The zero-order valence-corrected chi connectivity index (χ0v) is 18.6. The van der Waals surface area contributed by atoms with Gasteiger partial charge in [0.1, 0.15) is 17.4 Å². The second kappa shape index (κ2) is 8.64. The summed E-state index contributed by atoms with van der Waals surface area (Å²) < 4.78 is 58.9. The molecule has 1 aliphatic carbocycles. The fraction of sp³-hybridized carbons (Fsp3) is 0.682. The third-order valence-electron chi connectivity index (χ3n) is 5.88. The Morgan fingerprint density at radius 3 is 2.30 bits per heavy atom. The maximum Gasteiger partial charge on any atom is 0.282 e. The number of anilines is 1. The summed E-state index contributed by atoms with van der Waals surface area (Å²) in [5.41, 5.74) is 0.350. The fourth-order valence-corrected chi connectivity index (χ4v) is 3.88. The predicted octanol–water partition coefficient (Wildman–Crippen LogP) is 2.95. The molecule has 1 aromatic heterocycles. The highest BCUT2D eigenvalue weighted by Crippen LogP contribution is 2.38. The number of nitrogens with zero attached hydrogens (tertiary/aromatic N) is 3. The molecule has 2 saturated heterocycles. The zero-order chi connectivity index (χ0) is 24.0. The summed E-state index contributed by atoms with van der Waals surface area (Å²) >= 11 is 0. The third-order valence-corrected chi connectivity index (χ3v) is 5.88. The highest BCUT2D eigenvalue weighted by molar-refractivity contribution is 5.96. The van der Waals surface area contributed by atoms with Gasteiger partial charge in [0.25, 0.3) is 17.8 Å². The molecule has 0 bridgehead atoms. The Balaban J connectivity index is 1.48. The van der Waals surface area contributed by atoms with Gasteiger partial charge < -0.3 is 19.9 Å². The quantitative estimate of drug-likeness (QED) is 0.560. The van der Waals surface area contributed by atoms with Crippen LogP contribution in [0.4, 0.5) is 23.2 Å². The van der Waals surface area contributed by atoms with Crippen molar-refractivity contribution in [1.82, 2.24) is 15.2 Å². The molecule has 3 aliphatic rings. The van der Waals surface area contributed by atoms with Crippen LogP contribution in [0, 0.1) is 11.8 Å². The number of nitrogens with one attached hydrogen (secondary N) is 1. The van der Waals surface area contributed by atoms with E-state index in [1.807, 2.05) is 13.8 Å². The lowest BCUT2D eigenvalue weighted by atomic mass is 10.00. The van der Waals surface area contributed by atoms with E-state index in [-0.39, 0.29) is 23.9 Å². The summed E-state index contributed by atoms with van der Waals surface area (Å²) in [4.78, 5) is 32.3. The molecule has 1 aromatic rings. The standard InChI is InChI=1S/C22H28F4N4O3/c1-13(2)7-16(20(32)30-11-22(25,26)12-30)27-18(31)15-5-6-17(29-9-21(23,24)10-29)19(28-15)33-8-14-3-4-14/h5-6,13-14,16H,3-4,7-12H2,1-2H3,(H,27,31)/t16-/m0/s1. The molecule has 1 saturated carbocycles. The molecule has 2 amide bonds. The largest absolute Gasteiger partial charge is 0.476 e. The van der Waals surface area contributed by atoms with Gasteiger partial charge in [0.2, 0.25) is 11.8 Å². The van der Waals surface area contributed by atoms with Crippen LogP contribution in [-0.2, 0) is 4.79 Å². The number of likely N-dealkylation sites (tertiary alicyclic amines) is 1. The van der Waals surface area contributed by atoms with Crippen LogP contribution in [0.25, 0.3) is 0 Å². The molecule has 0 aromatic carbocycles. The SMILES string of the molecule is CC(C)C[C@H](NC(=O)c1ccc(N2CC(F)(F)C2)c(OCC2CC2)n1)C(=O)N1CC(F)(F)C1. The number of hydrogen-bond donors (Lipinski definition) is 1. The molecule has 1 atom stereocenters. The Morgan fingerprint density at radius 1 is 1.12 bits per heavy atom. The van der Waals surface area contributed by atoms with Crippen molar-refractivity contribution in [3.05, 3.63) is 17.8 Å². The van der Waals surface area contributed by atoms with Gasteiger partial charge in [-0.3, -0.25) is 9.59 Å². The van der Waals surface area contributed by atoms with Crippen molar-refractivity contribution in [2.75, 3.05) is 37.7 Å². The van der Waals surface area contributed by atoms with E-state index in [4.69, 9.17) is 4.74 Å². The topological polar surface area (TPSA) is 74.8 Å². The Hall–Kier alpha value is -2.59. The second-order valence-electron chi connectivity index (χ2n) is 9.69. The van der Waals surface area contributed by atoms with Gasteiger partial charge in [0.15, 0.2) is 0 Å². The first-order valence-electron chi connectivity index (χ1n) is 11.2. The van der Waals surface area contributed by atoms with E-state index >= 15 is 0 Å². The molecule has 2 aliphatic heterocycles. The molecule has 0 spiro atoms. The molecular formula is C22H28F4N4O3. The molecule has 33 heavy (non-hydrogen) atoms. The average Bonchev–Trinajstić information content (AvgIpc) is 3.51. The van der Waals surface area contributed by atoms with Gasteiger partial charge in [0, 0.05) is 0 Å². The summed E-state index contributed by atoms with van der Waals surface area (Å²) in [5.74, 6) is -6.38. The van der Waals surface area contributed by atoms with Crippen molar-refractivity contribution >= 4 is 17.5 Å². The molecule has 3 fully saturated rings. The van der Waals surface area contributed by atoms with E-state index in [1.165, 1.54) is 17.0 Å². The second-order valence-corrected chi connectivity index (χ2v) is 9.69. The molecule has 4 rings (SSSR count). The number of amides is 2. The predicted molar refractivity (Wildman–Crippen MR) is 112 cm³/mol. The van der Waals surface area contributed by atoms with Crippen molar-refractivity contribution in [2.24, 2.45) is 11.8 Å². The van der Waals surface area contributed by atoms with Gasteiger partial charge in [-0.05, 0) is 43.2 Å². The van der Waals surface area contributed by atoms with Gasteiger partial charge >= 0.3 is 0 Å². The molecule has 1 N–H and O–H groups in total. The van der Waals surface area contributed by atoms with Crippen LogP contribution in [0.2, 0.25) is 0 Å². The molecule has 7 nitrogen and oxygen atoms in total. The van der Waals surface area contributed by atoms with Crippen molar-refractivity contribution in [3.63, 3.8) is 0 Å². The number of alkyl halides is 4. The zero-order valence-electron chi connectivity index (χ0n) is 18.6. The first-order chi connectivity index (χ1) is 15.4. The lowest BCUT2D eigenvalue weighted by Crippen LogP contribution is -2.62. The van der Waals surface area contributed by atoms with Crippen LogP contribution < -0.4 is 15.0 Å². The monoisotopic (exact) mass is 472 g/mol. The van der Waals surface area contributed by atoms with Gasteiger partial charge in [-0.2, -0.15) is 0 Å². The number of carbonyl (C=O) groups is 2. The lowest BCUT2D eigenvalue weighted by molar-refractivity contribution is -0.167. The van der Waals surface area contributed by atoms with Gasteiger partial charge in [-0.15, -0.1) is 0 Å². The summed E-state index contributed by atoms with van der Waals surface area (Å²) in [6, 6.07) is 1.93. The minimum Gasteiger partial charge on any atom is -0.476 e. The number of rotatable bonds is 9. The molecule has 11 heteroatoms. The van der Waals surface area contributed by atoms with Crippen molar-refractivity contribution < 1.29 is 31.9 Å². The summed E-state index contributed by atoms with van der Waals surface area (Å²) in [6.45, 7) is 1.86. The molecular weight excluding hydrogens is 444 g/mol. The van der Waals surface area contributed by atoms with E-state index in [1.54, 1.807) is 0 Å². The van der Waals surface area contributed by atoms with Gasteiger partial charge in [-0.25, -0.2) is 22.5 Å². The Morgan fingerprint density at radius 2 is 1.76 bits per heavy atom. The average molecular weight is 472 g/mol. The highest BCUT2D eigenvalue weighted by Gasteiger charge is 2.48. The molecule has 182 valence electrons. The molecule has 0 unspecified atom stereocenters. The van der Waals surface area contributed by atoms with Crippen LogP contribution in [0.5, 0.6) is 5.88 Å². The fourth-order valence-electron chi connectivity index (χ4n) is 3.88. The minimum absolute atomic E-state index is 0.0295. The van der Waals surface area contributed by atoms with E-state index in [0.717, 1.165) is 17.7 Å². The number of aromatic nitrogens is 1. The number of ether oxygens (including phenoxy) is 1. The number of carbonyl (C=O) groups excluding carboxylic acids is 2. The normalized spacial score (nSPS) is 21.8. The van der Waals surface area contributed by atoms with Crippen LogP contribution in [-0.4, -0.2) is 72.4 Å². The summed E-state index contributed by atoms with van der Waals surface area (Å²) in [5, 5.41) is 2.61. The van der Waals surface area contributed by atoms with E-state index in [0.29, 0.717) is 18.2 Å². The Kier molecular flexibility index (Phi) is 6.17. The van der Waals surface area contributed by atoms with Crippen LogP contribution in [0.3, 0.4) is 0 Å². The highest BCUT2D eigenvalue weighted by atomic mass is 19.3. The van der Waals surface area contributed by atoms with Crippen molar-refractivity contribution in [2.45, 2.75) is 51.0 Å².